The predicted octanol–water partition coefficient (Wildman–Crippen LogP) is 3.41. The first kappa shape index (κ1) is 21.6. The van der Waals surface area contributed by atoms with Gasteiger partial charge in [-0.15, -0.1) is 0 Å². The van der Waals surface area contributed by atoms with Crippen LogP contribution in [0, 0.1) is 0 Å². The van der Waals surface area contributed by atoms with Crippen LogP contribution in [0.4, 0.5) is 5.69 Å². The highest BCUT2D eigenvalue weighted by Gasteiger charge is 2.20. The summed E-state index contributed by atoms with van der Waals surface area (Å²) in [4.78, 5) is 25.9. The van der Waals surface area contributed by atoms with Gasteiger partial charge in [-0.2, -0.15) is 0 Å². The molecule has 0 bridgehead atoms. The first-order chi connectivity index (χ1) is 15.0. The summed E-state index contributed by atoms with van der Waals surface area (Å²) in [5.74, 6) is 1.45. The van der Waals surface area contributed by atoms with Crippen molar-refractivity contribution in [2.75, 3.05) is 38.6 Å². The smallest absolute Gasteiger partial charge is 0.216 e. The molecule has 1 aliphatic rings. The molecule has 1 aromatic carbocycles. The van der Waals surface area contributed by atoms with Crippen LogP contribution >= 0.6 is 15.9 Å². The molecular weight excluding hydrogens is 460 g/mol. The van der Waals surface area contributed by atoms with E-state index < -0.39 is 0 Å². The van der Waals surface area contributed by atoms with Crippen molar-refractivity contribution in [3.05, 3.63) is 34.9 Å². The molecule has 0 aliphatic carbocycles. The minimum Gasteiger partial charge on any atom is -0.492 e. The van der Waals surface area contributed by atoms with E-state index in [0.717, 1.165) is 64.4 Å². The number of nitrogens with zero attached hydrogens (tertiary/aromatic N) is 3. The van der Waals surface area contributed by atoms with Crippen molar-refractivity contribution in [2.24, 2.45) is 0 Å². The highest BCUT2D eigenvalue weighted by molar-refractivity contribution is 9.10. The van der Waals surface area contributed by atoms with Gasteiger partial charge in [-0.1, -0.05) is 0 Å². The monoisotopic (exact) mass is 486 g/mol. The lowest BCUT2D eigenvalue weighted by molar-refractivity contribution is -0.119. The van der Waals surface area contributed by atoms with Crippen molar-refractivity contribution in [3.63, 3.8) is 0 Å². The number of hydrogen-bond acceptors (Lipinski definition) is 6. The maximum Gasteiger partial charge on any atom is 0.216 e. The summed E-state index contributed by atoms with van der Waals surface area (Å²) < 4.78 is 6.57. The summed E-state index contributed by atoms with van der Waals surface area (Å²) in [6.07, 6.45) is 4.02. The van der Waals surface area contributed by atoms with Crippen molar-refractivity contribution in [3.8, 4) is 17.1 Å². The zero-order chi connectivity index (χ0) is 21.8. The number of anilines is 1. The van der Waals surface area contributed by atoms with Crippen LogP contribution in [-0.2, 0) is 4.79 Å². The van der Waals surface area contributed by atoms with E-state index in [-0.39, 0.29) is 5.91 Å². The minimum atomic E-state index is -0.0613. The Morgan fingerprint density at radius 1 is 1.29 bits per heavy atom. The number of halogens is 1. The van der Waals surface area contributed by atoms with E-state index in [2.05, 4.69) is 48.5 Å². The van der Waals surface area contributed by atoms with Gasteiger partial charge in [0.1, 0.15) is 23.7 Å². The second kappa shape index (κ2) is 9.65. The number of likely N-dealkylation sites (tertiary alicyclic amines) is 1. The number of amides is 1. The summed E-state index contributed by atoms with van der Waals surface area (Å²) >= 11 is 3.64. The van der Waals surface area contributed by atoms with E-state index in [1.165, 1.54) is 6.92 Å². The highest BCUT2D eigenvalue weighted by atomic mass is 79.9. The molecule has 3 aromatic rings. The Balaban J connectivity index is 1.49. The fraction of sp³-hybridized carbons (Fsp3) is 0.409. The number of fused-ring (bicyclic) bond motifs is 1. The van der Waals surface area contributed by atoms with Gasteiger partial charge in [-0.25, -0.2) is 9.97 Å². The fourth-order valence-corrected chi connectivity index (χ4v) is 4.07. The molecule has 1 fully saturated rings. The third kappa shape index (κ3) is 5.34. The summed E-state index contributed by atoms with van der Waals surface area (Å²) in [6, 6.07) is 8.15. The lowest BCUT2D eigenvalue weighted by atomic mass is 10.1. The SMILES string of the molecule is CC(=O)NCCOc1ccc(-c2nc3c(NC4CCN(C)CC4)c(Br)cnc3[nH]2)cc1. The average Bonchev–Trinajstić information content (AvgIpc) is 3.20. The Labute approximate surface area is 189 Å². The summed E-state index contributed by atoms with van der Waals surface area (Å²) in [7, 11) is 2.16. The van der Waals surface area contributed by atoms with Gasteiger partial charge >= 0.3 is 0 Å². The molecule has 0 saturated carbocycles. The Morgan fingerprint density at radius 2 is 2.03 bits per heavy atom. The number of pyridine rings is 1. The summed E-state index contributed by atoms with van der Waals surface area (Å²) in [5.41, 5.74) is 3.52. The minimum absolute atomic E-state index is 0.0613. The molecule has 164 valence electrons. The number of nitrogens with one attached hydrogen (secondary N) is 3. The number of carbonyl (C=O) groups is 1. The second-order valence-corrected chi connectivity index (χ2v) is 8.70. The van der Waals surface area contributed by atoms with E-state index >= 15 is 0 Å². The van der Waals surface area contributed by atoms with Crippen LogP contribution in [0.25, 0.3) is 22.6 Å². The number of hydrogen-bond donors (Lipinski definition) is 3. The Hall–Kier alpha value is -2.65. The van der Waals surface area contributed by atoms with Gasteiger partial charge in [0.2, 0.25) is 5.91 Å². The molecule has 3 N–H and O–H groups in total. The number of imidazole rings is 1. The van der Waals surface area contributed by atoms with E-state index in [1.807, 2.05) is 30.5 Å². The zero-order valence-electron chi connectivity index (χ0n) is 17.7. The van der Waals surface area contributed by atoms with E-state index in [9.17, 15) is 4.79 Å². The van der Waals surface area contributed by atoms with Crippen molar-refractivity contribution < 1.29 is 9.53 Å². The maximum absolute atomic E-state index is 10.9. The maximum atomic E-state index is 10.9. The van der Waals surface area contributed by atoms with E-state index in [0.29, 0.717) is 19.2 Å². The first-order valence-electron chi connectivity index (χ1n) is 10.5. The molecule has 1 aliphatic heterocycles. The Morgan fingerprint density at radius 3 is 2.74 bits per heavy atom. The molecule has 1 saturated heterocycles. The summed E-state index contributed by atoms with van der Waals surface area (Å²) in [6.45, 7) is 4.58. The molecule has 0 unspecified atom stereocenters. The number of aromatic nitrogens is 3. The molecule has 2 aromatic heterocycles. The van der Waals surface area contributed by atoms with Crippen molar-refractivity contribution in [2.45, 2.75) is 25.8 Å². The van der Waals surface area contributed by atoms with Gasteiger partial charge in [-0.05, 0) is 73.2 Å². The number of rotatable bonds is 7. The third-order valence-corrected chi connectivity index (χ3v) is 6.01. The second-order valence-electron chi connectivity index (χ2n) is 7.84. The molecule has 3 heterocycles. The fourth-order valence-electron chi connectivity index (χ4n) is 3.67. The van der Waals surface area contributed by atoms with Crippen LogP contribution in [0.3, 0.4) is 0 Å². The van der Waals surface area contributed by atoms with Crippen molar-refractivity contribution >= 4 is 38.7 Å². The van der Waals surface area contributed by atoms with Crippen LogP contribution < -0.4 is 15.4 Å². The van der Waals surface area contributed by atoms with Gasteiger partial charge in [0.15, 0.2) is 5.65 Å². The van der Waals surface area contributed by atoms with Gasteiger partial charge in [0, 0.05) is 24.7 Å². The number of piperidine rings is 1. The molecule has 0 radical (unpaired) electrons. The molecule has 4 rings (SSSR count). The van der Waals surface area contributed by atoms with Crippen LogP contribution in [-0.4, -0.2) is 65.1 Å². The normalized spacial score (nSPS) is 15.2. The molecule has 31 heavy (non-hydrogen) atoms. The van der Waals surface area contributed by atoms with Crippen LogP contribution in [0.5, 0.6) is 5.75 Å². The number of carbonyl (C=O) groups excluding carboxylic acids is 1. The number of H-pyrrole nitrogens is 1. The molecule has 8 nitrogen and oxygen atoms in total. The van der Waals surface area contributed by atoms with Gasteiger partial charge < -0.3 is 25.3 Å². The molecule has 1 amide bonds. The number of benzene rings is 1. The number of ether oxygens (including phenoxy) is 1. The molecule has 9 heteroatoms. The van der Waals surface area contributed by atoms with Crippen LogP contribution in [0.15, 0.2) is 34.9 Å². The Bertz CT molecular complexity index is 1040. The zero-order valence-corrected chi connectivity index (χ0v) is 19.3. The van der Waals surface area contributed by atoms with Crippen LogP contribution in [0.2, 0.25) is 0 Å². The molecule has 0 atom stereocenters. The molecular formula is C22H27BrN6O2. The first-order valence-corrected chi connectivity index (χ1v) is 11.3. The largest absolute Gasteiger partial charge is 0.492 e. The summed E-state index contributed by atoms with van der Waals surface area (Å²) in [5, 5.41) is 6.39. The Kier molecular flexibility index (Phi) is 6.72. The standard InChI is InChI=1S/C22H27BrN6O2/c1-14(30)24-9-12-31-17-5-3-15(4-6-17)21-27-20-19(18(23)13-25-22(20)28-21)26-16-7-10-29(2)11-8-16/h3-6,13,16H,7-12H2,1-2H3,(H,24,30)(H2,25,26,27,28). The third-order valence-electron chi connectivity index (χ3n) is 5.41. The topological polar surface area (TPSA) is 95.2 Å². The molecule has 0 spiro atoms. The number of aromatic amines is 1. The van der Waals surface area contributed by atoms with Crippen molar-refractivity contribution in [1.82, 2.24) is 25.2 Å². The quantitative estimate of drug-likeness (QED) is 0.443. The predicted molar refractivity (Wildman–Crippen MR) is 125 cm³/mol. The lowest BCUT2D eigenvalue weighted by Crippen LogP contribution is -2.36. The van der Waals surface area contributed by atoms with Crippen LogP contribution in [0.1, 0.15) is 19.8 Å². The van der Waals surface area contributed by atoms with Gasteiger partial charge in [0.05, 0.1) is 16.7 Å². The van der Waals surface area contributed by atoms with E-state index in [1.54, 1.807) is 0 Å². The average molecular weight is 487 g/mol. The van der Waals surface area contributed by atoms with Gasteiger partial charge in [-0.3, -0.25) is 4.79 Å². The van der Waals surface area contributed by atoms with Crippen molar-refractivity contribution in [1.29, 1.82) is 0 Å². The van der Waals surface area contributed by atoms with E-state index in [4.69, 9.17) is 9.72 Å². The lowest BCUT2D eigenvalue weighted by Gasteiger charge is -2.30. The highest BCUT2D eigenvalue weighted by Crippen LogP contribution is 2.32. The van der Waals surface area contributed by atoms with Gasteiger partial charge in [0.25, 0.3) is 0 Å².